The van der Waals surface area contributed by atoms with Crippen LogP contribution in [0.3, 0.4) is 0 Å². The van der Waals surface area contributed by atoms with Gasteiger partial charge in [-0.3, -0.25) is 0 Å². The molecule has 2 aromatic carbocycles. The first-order valence-corrected chi connectivity index (χ1v) is 7.37. The van der Waals surface area contributed by atoms with Crippen molar-refractivity contribution in [1.29, 1.82) is 0 Å². The van der Waals surface area contributed by atoms with E-state index in [1.54, 1.807) is 7.11 Å². The molecule has 4 heteroatoms. The summed E-state index contributed by atoms with van der Waals surface area (Å²) >= 11 is 6.13. The second-order valence-corrected chi connectivity index (χ2v) is 5.35. The van der Waals surface area contributed by atoms with E-state index in [4.69, 9.17) is 21.3 Å². The molecule has 0 aliphatic carbocycles. The van der Waals surface area contributed by atoms with Gasteiger partial charge in [0.05, 0.1) is 24.7 Å². The van der Waals surface area contributed by atoms with E-state index in [-0.39, 0.29) is 0 Å². The number of rotatable bonds is 4. The predicted octanol–water partition coefficient (Wildman–Crippen LogP) is 4.31. The van der Waals surface area contributed by atoms with Crippen LogP contribution in [0.1, 0.15) is 18.3 Å². The monoisotopic (exact) mass is 300 g/mol. The van der Waals surface area contributed by atoms with Gasteiger partial charge in [0.15, 0.2) is 0 Å². The number of fused-ring (bicyclic) bond motifs is 1. The highest BCUT2D eigenvalue weighted by Gasteiger charge is 2.12. The summed E-state index contributed by atoms with van der Waals surface area (Å²) in [5.41, 5.74) is 3.22. The van der Waals surface area contributed by atoms with E-state index >= 15 is 0 Å². The van der Waals surface area contributed by atoms with Crippen molar-refractivity contribution in [2.75, 3.05) is 7.11 Å². The average molecular weight is 301 g/mol. The van der Waals surface area contributed by atoms with E-state index in [9.17, 15) is 0 Å². The highest BCUT2D eigenvalue weighted by Crippen LogP contribution is 2.26. The molecule has 0 atom stereocenters. The summed E-state index contributed by atoms with van der Waals surface area (Å²) in [6.45, 7) is 2.82. The summed E-state index contributed by atoms with van der Waals surface area (Å²) < 4.78 is 7.67. The van der Waals surface area contributed by atoms with Crippen LogP contribution in [0, 0.1) is 0 Å². The van der Waals surface area contributed by atoms with Crippen molar-refractivity contribution in [2.45, 2.75) is 19.9 Å². The molecule has 0 spiro atoms. The second kappa shape index (κ2) is 5.78. The second-order valence-electron chi connectivity index (χ2n) is 4.91. The van der Waals surface area contributed by atoms with Gasteiger partial charge in [-0.1, -0.05) is 30.7 Å². The molecule has 0 radical (unpaired) electrons. The first-order chi connectivity index (χ1) is 10.2. The third kappa shape index (κ3) is 2.61. The summed E-state index contributed by atoms with van der Waals surface area (Å²) in [4.78, 5) is 4.69. The van der Waals surface area contributed by atoms with Crippen molar-refractivity contribution in [3.05, 3.63) is 58.9 Å². The lowest BCUT2D eigenvalue weighted by molar-refractivity contribution is 0.408. The van der Waals surface area contributed by atoms with Gasteiger partial charge in [-0.25, -0.2) is 4.98 Å². The van der Waals surface area contributed by atoms with E-state index in [2.05, 4.69) is 17.6 Å². The van der Waals surface area contributed by atoms with Gasteiger partial charge in [0.2, 0.25) is 0 Å². The maximum Gasteiger partial charge on any atom is 0.123 e. The van der Waals surface area contributed by atoms with Gasteiger partial charge >= 0.3 is 0 Å². The summed E-state index contributed by atoms with van der Waals surface area (Å²) in [7, 11) is 1.68. The SMILES string of the molecule is CCc1nc2ccccc2n1Cc1cc(Cl)ccc1OC. The van der Waals surface area contributed by atoms with E-state index in [0.717, 1.165) is 34.6 Å². The van der Waals surface area contributed by atoms with Gasteiger partial charge < -0.3 is 9.30 Å². The smallest absolute Gasteiger partial charge is 0.123 e. The number of nitrogens with zero attached hydrogens (tertiary/aromatic N) is 2. The van der Waals surface area contributed by atoms with Gasteiger partial charge in [-0.15, -0.1) is 0 Å². The average Bonchev–Trinajstić information content (AvgIpc) is 2.86. The molecule has 3 nitrogen and oxygen atoms in total. The zero-order chi connectivity index (χ0) is 14.8. The zero-order valence-electron chi connectivity index (χ0n) is 12.1. The quantitative estimate of drug-likeness (QED) is 0.718. The standard InChI is InChI=1S/C17H17ClN2O/c1-3-17-19-14-6-4-5-7-15(14)20(17)11-12-10-13(18)8-9-16(12)21-2/h4-10H,3,11H2,1-2H3. The minimum absolute atomic E-state index is 0.702. The number of para-hydroxylation sites is 2. The van der Waals surface area contributed by atoms with Crippen LogP contribution >= 0.6 is 11.6 Å². The topological polar surface area (TPSA) is 27.1 Å². The van der Waals surface area contributed by atoms with Crippen molar-refractivity contribution in [3.8, 4) is 5.75 Å². The minimum atomic E-state index is 0.702. The molecule has 0 fully saturated rings. The highest BCUT2D eigenvalue weighted by molar-refractivity contribution is 6.30. The zero-order valence-corrected chi connectivity index (χ0v) is 12.9. The molecule has 1 aromatic heterocycles. The number of aryl methyl sites for hydroxylation is 1. The number of imidazole rings is 1. The Balaban J connectivity index is 2.11. The van der Waals surface area contributed by atoms with Crippen LogP contribution in [0.15, 0.2) is 42.5 Å². The highest BCUT2D eigenvalue weighted by atomic mass is 35.5. The maximum absolute atomic E-state index is 6.13. The lowest BCUT2D eigenvalue weighted by Gasteiger charge is -2.12. The van der Waals surface area contributed by atoms with E-state index in [0.29, 0.717) is 11.6 Å². The lowest BCUT2D eigenvalue weighted by atomic mass is 10.2. The number of aromatic nitrogens is 2. The van der Waals surface area contributed by atoms with Crippen molar-refractivity contribution in [3.63, 3.8) is 0 Å². The van der Waals surface area contributed by atoms with Gasteiger partial charge in [0, 0.05) is 17.0 Å². The summed E-state index contributed by atoms with van der Waals surface area (Å²) in [5, 5.41) is 0.716. The molecule has 3 rings (SSSR count). The molecular weight excluding hydrogens is 284 g/mol. The molecule has 108 valence electrons. The number of benzene rings is 2. The molecular formula is C17H17ClN2O. The van der Waals surface area contributed by atoms with Gasteiger partial charge in [-0.05, 0) is 30.3 Å². The molecule has 1 heterocycles. The molecule has 0 aliphatic rings. The van der Waals surface area contributed by atoms with Crippen LogP contribution in [0.25, 0.3) is 11.0 Å². The fourth-order valence-corrected chi connectivity index (χ4v) is 2.81. The van der Waals surface area contributed by atoms with Crippen molar-refractivity contribution < 1.29 is 4.74 Å². The first kappa shape index (κ1) is 14.0. The molecule has 0 aliphatic heterocycles. The fraction of sp³-hybridized carbons (Fsp3) is 0.235. The Kier molecular flexibility index (Phi) is 3.84. The Labute approximate surface area is 129 Å². The molecule has 0 saturated heterocycles. The van der Waals surface area contributed by atoms with Crippen molar-refractivity contribution >= 4 is 22.6 Å². The summed E-state index contributed by atoms with van der Waals surface area (Å²) in [6.07, 6.45) is 0.886. The Morgan fingerprint density at radius 3 is 2.76 bits per heavy atom. The van der Waals surface area contributed by atoms with Crippen LogP contribution in [0.2, 0.25) is 5.02 Å². The van der Waals surface area contributed by atoms with Crippen LogP contribution in [-0.4, -0.2) is 16.7 Å². The molecule has 0 N–H and O–H groups in total. The number of methoxy groups -OCH3 is 1. The molecule has 3 aromatic rings. The third-order valence-electron chi connectivity index (χ3n) is 3.62. The molecule has 0 bridgehead atoms. The van der Waals surface area contributed by atoms with Crippen LogP contribution in [-0.2, 0) is 13.0 Å². The Morgan fingerprint density at radius 1 is 1.19 bits per heavy atom. The largest absolute Gasteiger partial charge is 0.496 e. The number of hydrogen-bond acceptors (Lipinski definition) is 2. The lowest BCUT2D eigenvalue weighted by Crippen LogP contribution is -2.05. The summed E-state index contributed by atoms with van der Waals surface area (Å²) in [5.74, 6) is 1.91. The van der Waals surface area contributed by atoms with Gasteiger partial charge in [0.25, 0.3) is 0 Å². The summed E-state index contributed by atoms with van der Waals surface area (Å²) in [6, 6.07) is 13.9. The molecule has 0 amide bonds. The first-order valence-electron chi connectivity index (χ1n) is 6.99. The third-order valence-corrected chi connectivity index (χ3v) is 3.86. The van der Waals surface area contributed by atoms with E-state index < -0.39 is 0 Å². The van der Waals surface area contributed by atoms with Crippen molar-refractivity contribution in [2.24, 2.45) is 0 Å². The van der Waals surface area contributed by atoms with Gasteiger partial charge in [-0.2, -0.15) is 0 Å². The van der Waals surface area contributed by atoms with Crippen LogP contribution in [0.4, 0.5) is 0 Å². The fourth-order valence-electron chi connectivity index (χ4n) is 2.61. The number of hydrogen-bond donors (Lipinski definition) is 0. The van der Waals surface area contributed by atoms with Crippen LogP contribution in [0.5, 0.6) is 5.75 Å². The Morgan fingerprint density at radius 2 is 2.00 bits per heavy atom. The van der Waals surface area contributed by atoms with Gasteiger partial charge in [0.1, 0.15) is 11.6 Å². The molecule has 0 saturated carbocycles. The molecule has 21 heavy (non-hydrogen) atoms. The predicted molar refractivity (Wildman–Crippen MR) is 86.2 cm³/mol. The molecule has 0 unspecified atom stereocenters. The van der Waals surface area contributed by atoms with Crippen LogP contribution < -0.4 is 4.74 Å². The minimum Gasteiger partial charge on any atom is -0.496 e. The van der Waals surface area contributed by atoms with E-state index in [1.807, 2.05) is 36.4 Å². The van der Waals surface area contributed by atoms with Crippen molar-refractivity contribution in [1.82, 2.24) is 9.55 Å². The Hall–Kier alpha value is -2.00. The number of halogens is 1. The number of ether oxygens (including phenoxy) is 1. The Bertz CT molecular complexity index is 780. The van der Waals surface area contributed by atoms with E-state index in [1.165, 1.54) is 0 Å². The maximum atomic E-state index is 6.13. The normalized spacial score (nSPS) is 11.0.